The summed E-state index contributed by atoms with van der Waals surface area (Å²) < 4.78 is 4.70. The summed E-state index contributed by atoms with van der Waals surface area (Å²) in [6.07, 6.45) is 0. The van der Waals surface area contributed by atoms with Crippen molar-refractivity contribution in [3.05, 3.63) is 28.5 Å². The van der Waals surface area contributed by atoms with Gasteiger partial charge in [-0.05, 0) is 23.7 Å². The summed E-state index contributed by atoms with van der Waals surface area (Å²) in [7, 11) is 0. The van der Waals surface area contributed by atoms with Crippen LogP contribution in [0.15, 0.2) is 12.1 Å². The molecule has 0 aliphatic heterocycles. The van der Waals surface area contributed by atoms with Crippen LogP contribution in [0.2, 0.25) is 5.15 Å². The molecular formula is C9H7Cl2NO3. The van der Waals surface area contributed by atoms with E-state index in [2.05, 4.69) is 4.98 Å². The second-order valence-corrected chi connectivity index (χ2v) is 3.45. The van der Waals surface area contributed by atoms with E-state index in [9.17, 15) is 9.59 Å². The van der Waals surface area contributed by atoms with E-state index in [-0.39, 0.29) is 17.3 Å². The largest absolute Gasteiger partial charge is 0.459 e. The molecule has 1 heterocycles. The van der Waals surface area contributed by atoms with Gasteiger partial charge in [-0.25, -0.2) is 4.98 Å². The van der Waals surface area contributed by atoms with Gasteiger partial charge in [0.05, 0.1) is 5.69 Å². The molecule has 0 bridgehead atoms. The first-order chi connectivity index (χ1) is 6.99. The fourth-order valence-corrected chi connectivity index (χ4v) is 1.25. The van der Waals surface area contributed by atoms with Crippen LogP contribution in [-0.2, 0) is 16.1 Å². The van der Waals surface area contributed by atoms with Gasteiger partial charge in [-0.1, -0.05) is 11.6 Å². The maximum Gasteiger partial charge on any atom is 0.303 e. The van der Waals surface area contributed by atoms with Crippen LogP contribution in [0.3, 0.4) is 0 Å². The van der Waals surface area contributed by atoms with Gasteiger partial charge in [0.25, 0.3) is 5.24 Å². The van der Waals surface area contributed by atoms with Crippen molar-refractivity contribution < 1.29 is 14.3 Å². The Hall–Kier alpha value is -1.13. The number of aromatic nitrogens is 1. The molecule has 0 spiro atoms. The van der Waals surface area contributed by atoms with Crippen molar-refractivity contribution in [1.82, 2.24) is 4.98 Å². The average molecular weight is 248 g/mol. The molecule has 1 aromatic rings. The molecule has 1 aromatic heterocycles. The number of carbonyl (C=O) groups excluding carboxylic acids is 2. The molecule has 0 unspecified atom stereocenters. The van der Waals surface area contributed by atoms with Crippen molar-refractivity contribution in [1.29, 1.82) is 0 Å². The smallest absolute Gasteiger partial charge is 0.303 e. The molecule has 0 aliphatic rings. The summed E-state index contributed by atoms with van der Waals surface area (Å²) in [6.45, 7) is 1.24. The zero-order chi connectivity index (χ0) is 11.4. The molecule has 6 heteroatoms. The molecule has 0 saturated heterocycles. The SMILES string of the molecule is CC(=O)OCc1cc(C(=O)Cl)cc(Cl)n1. The molecule has 4 nitrogen and oxygen atoms in total. The summed E-state index contributed by atoms with van der Waals surface area (Å²) in [6, 6.07) is 2.76. The third kappa shape index (κ3) is 3.85. The monoisotopic (exact) mass is 247 g/mol. The van der Waals surface area contributed by atoms with E-state index in [0.717, 1.165) is 0 Å². The number of pyridine rings is 1. The molecule has 80 valence electrons. The molecule has 0 saturated carbocycles. The van der Waals surface area contributed by atoms with E-state index in [1.165, 1.54) is 19.1 Å². The lowest BCUT2D eigenvalue weighted by Crippen LogP contribution is -2.02. The molecule has 1 rings (SSSR count). The van der Waals surface area contributed by atoms with Crippen LogP contribution in [0, 0.1) is 0 Å². The van der Waals surface area contributed by atoms with Crippen LogP contribution < -0.4 is 0 Å². The number of hydrogen-bond acceptors (Lipinski definition) is 4. The highest BCUT2D eigenvalue weighted by Crippen LogP contribution is 2.13. The maximum absolute atomic E-state index is 10.9. The van der Waals surface area contributed by atoms with Gasteiger partial charge in [-0.15, -0.1) is 0 Å². The highest BCUT2D eigenvalue weighted by Gasteiger charge is 2.07. The third-order valence-electron chi connectivity index (χ3n) is 1.50. The van der Waals surface area contributed by atoms with Crippen LogP contribution in [-0.4, -0.2) is 16.2 Å². The molecule has 0 amide bonds. The van der Waals surface area contributed by atoms with Crippen molar-refractivity contribution in [2.24, 2.45) is 0 Å². The Morgan fingerprint density at radius 2 is 2.13 bits per heavy atom. The van der Waals surface area contributed by atoms with E-state index in [4.69, 9.17) is 27.9 Å². The summed E-state index contributed by atoms with van der Waals surface area (Å²) in [4.78, 5) is 25.3. The molecule has 0 atom stereocenters. The number of esters is 1. The fourth-order valence-electron chi connectivity index (χ4n) is 0.914. The van der Waals surface area contributed by atoms with Crippen LogP contribution in [0.4, 0.5) is 0 Å². The normalized spacial score (nSPS) is 9.80. The predicted octanol–water partition coefficient (Wildman–Crippen LogP) is 2.18. The Morgan fingerprint density at radius 3 is 2.67 bits per heavy atom. The topological polar surface area (TPSA) is 56.3 Å². The minimum atomic E-state index is -0.636. The highest BCUT2D eigenvalue weighted by atomic mass is 35.5. The first-order valence-electron chi connectivity index (χ1n) is 3.98. The number of carbonyl (C=O) groups is 2. The number of halogens is 2. The summed E-state index contributed by atoms with van der Waals surface area (Å²) >= 11 is 10.9. The van der Waals surface area contributed by atoms with E-state index in [1.54, 1.807) is 0 Å². The summed E-state index contributed by atoms with van der Waals surface area (Å²) in [5, 5.41) is -0.507. The first kappa shape index (κ1) is 11.9. The van der Waals surface area contributed by atoms with Gasteiger partial charge in [0.2, 0.25) is 0 Å². The zero-order valence-corrected chi connectivity index (χ0v) is 9.30. The van der Waals surface area contributed by atoms with E-state index < -0.39 is 11.2 Å². The molecule has 0 radical (unpaired) electrons. The van der Waals surface area contributed by atoms with Crippen molar-refractivity contribution in [3.8, 4) is 0 Å². The Kier molecular flexibility index (Phi) is 4.05. The second-order valence-electron chi connectivity index (χ2n) is 2.72. The first-order valence-corrected chi connectivity index (χ1v) is 4.74. The van der Waals surface area contributed by atoms with Crippen molar-refractivity contribution in [2.45, 2.75) is 13.5 Å². The minimum Gasteiger partial charge on any atom is -0.459 e. The van der Waals surface area contributed by atoms with Crippen molar-refractivity contribution >= 4 is 34.4 Å². The summed E-state index contributed by atoms with van der Waals surface area (Å²) in [5.41, 5.74) is 0.598. The van der Waals surface area contributed by atoms with Crippen LogP contribution in [0.5, 0.6) is 0 Å². The van der Waals surface area contributed by atoms with Crippen molar-refractivity contribution in [2.75, 3.05) is 0 Å². The fraction of sp³-hybridized carbons (Fsp3) is 0.222. The number of hydrogen-bond donors (Lipinski definition) is 0. The third-order valence-corrected chi connectivity index (χ3v) is 1.91. The quantitative estimate of drug-likeness (QED) is 0.467. The minimum absolute atomic E-state index is 0.0347. The molecular weight excluding hydrogens is 241 g/mol. The van der Waals surface area contributed by atoms with Crippen LogP contribution in [0.1, 0.15) is 23.0 Å². The molecule has 0 aliphatic carbocycles. The van der Waals surface area contributed by atoms with Crippen LogP contribution in [0.25, 0.3) is 0 Å². The summed E-state index contributed by atoms with van der Waals surface area (Å²) in [5.74, 6) is -0.435. The second kappa shape index (κ2) is 5.09. The molecule has 0 aromatic carbocycles. The van der Waals surface area contributed by atoms with Gasteiger partial charge in [0, 0.05) is 12.5 Å². The lowest BCUT2D eigenvalue weighted by Gasteiger charge is -2.03. The number of ether oxygens (including phenoxy) is 1. The van der Waals surface area contributed by atoms with Gasteiger partial charge >= 0.3 is 5.97 Å². The molecule has 15 heavy (non-hydrogen) atoms. The van der Waals surface area contributed by atoms with E-state index >= 15 is 0 Å². The van der Waals surface area contributed by atoms with Gasteiger partial charge in [0.15, 0.2) is 0 Å². The lowest BCUT2D eigenvalue weighted by atomic mass is 10.2. The zero-order valence-electron chi connectivity index (χ0n) is 7.79. The van der Waals surface area contributed by atoms with E-state index in [1.807, 2.05) is 0 Å². The Balaban J connectivity index is 2.88. The Morgan fingerprint density at radius 1 is 1.47 bits per heavy atom. The maximum atomic E-state index is 10.9. The average Bonchev–Trinajstić information content (AvgIpc) is 2.13. The number of nitrogens with zero attached hydrogens (tertiary/aromatic N) is 1. The van der Waals surface area contributed by atoms with E-state index in [0.29, 0.717) is 5.69 Å². The molecule has 0 N–H and O–H groups in total. The van der Waals surface area contributed by atoms with Gasteiger partial charge in [-0.3, -0.25) is 9.59 Å². The standard InChI is InChI=1S/C9H7Cl2NO3/c1-5(13)15-4-7-2-6(9(11)14)3-8(10)12-7/h2-3H,4H2,1H3. The predicted molar refractivity (Wildman–Crippen MR) is 54.9 cm³/mol. The van der Waals surface area contributed by atoms with Crippen molar-refractivity contribution in [3.63, 3.8) is 0 Å². The van der Waals surface area contributed by atoms with Crippen LogP contribution >= 0.6 is 23.2 Å². The Bertz CT molecular complexity index is 406. The van der Waals surface area contributed by atoms with Gasteiger partial charge in [0.1, 0.15) is 11.8 Å². The molecule has 0 fully saturated rings. The Labute approximate surface area is 96.2 Å². The highest BCUT2D eigenvalue weighted by molar-refractivity contribution is 6.67. The van der Waals surface area contributed by atoms with Gasteiger partial charge < -0.3 is 4.74 Å². The van der Waals surface area contributed by atoms with Gasteiger partial charge in [-0.2, -0.15) is 0 Å². The lowest BCUT2D eigenvalue weighted by molar-refractivity contribution is -0.142. The number of rotatable bonds is 3.